The lowest BCUT2D eigenvalue weighted by atomic mass is 9.79. The van der Waals surface area contributed by atoms with Crippen molar-refractivity contribution < 1.29 is 4.74 Å². The molecule has 0 aromatic rings. The molecule has 2 fully saturated rings. The largest absolute Gasteiger partial charge is 0.375 e. The van der Waals surface area contributed by atoms with Crippen LogP contribution in [0.4, 0.5) is 0 Å². The lowest BCUT2D eigenvalue weighted by Crippen LogP contribution is -2.64. The quantitative estimate of drug-likeness (QED) is 0.835. The van der Waals surface area contributed by atoms with Crippen LogP contribution in [0, 0.1) is 0 Å². The number of rotatable bonds is 4. The molecule has 2 aliphatic heterocycles. The lowest BCUT2D eigenvalue weighted by molar-refractivity contribution is -0.124. The van der Waals surface area contributed by atoms with E-state index in [1.54, 1.807) is 0 Å². The van der Waals surface area contributed by atoms with E-state index in [2.05, 4.69) is 30.6 Å². The summed E-state index contributed by atoms with van der Waals surface area (Å²) in [5, 5.41) is 0. The Morgan fingerprint density at radius 3 is 2.37 bits per heavy atom. The number of hydrogen-bond donors (Lipinski definition) is 1. The fraction of sp³-hybridized carbons (Fsp3) is 1.00. The van der Waals surface area contributed by atoms with Crippen LogP contribution in [0.25, 0.3) is 0 Å². The van der Waals surface area contributed by atoms with Crippen molar-refractivity contribution in [3.8, 4) is 0 Å². The van der Waals surface area contributed by atoms with Crippen LogP contribution in [0.1, 0.15) is 40.0 Å². The molecule has 4 heteroatoms. The third-order valence-corrected chi connectivity index (χ3v) is 4.78. The van der Waals surface area contributed by atoms with E-state index in [-0.39, 0.29) is 11.1 Å². The fourth-order valence-electron chi connectivity index (χ4n) is 3.78. The summed E-state index contributed by atoms with van der Waals surface area (Å²) in [6, 6.07) is 0. The van der Waals surface area contributed by atoms with Gasteiger partial charge in [-0.2, -0.15) is 0 Å². The Bertz CT molecular complexity index is 287. The van der Waals surface area contributed by atoms with Gasteiger partial charge in [0.2, 0.25) is 0 Å². The van der Waals surface area contributed by atoms with E-state index >= 15 is 0 Å². The van der Waals surface area contributed by atoms with Gasteiger partial charge < -0.3 is 15.4 Å². The molecule has 2 aliphatic rings. The van der Waals surface area contributed by atoms with Crippen LogP contribution in [0.3, 0.4) is 0 Å². The zero-order chi connectivity index (χ0) is 13.9. The molecule has 0 bridgehead atoms. The topological polar surface area (TPSA) is 41.7 Å². The average molecular weight is 269 g/mol. The molecule has 0 radical (unpaired) electrons. The summed E-state index contributed by atoms with van der Waals surface area (Å²) < 4.78 is 5.88. The van der Waals surface area contributed by atoms with E-state index in [1.807, 2.05) is 0 Å². The molecule has 0 aliphatic carbocycles. The van der Waals surface area contributed by atoms with Gasteiger partial charge in [0.05, 0.1) is 5.60 Å². The highest BCUT2D eigenvalue weighted by atomic mass is 16.5. The highest BCUT2D eigenvalue weighted by Gasteiger charge is 2.44. The van der Waals surface area contributed by atoms with Gasteiger partial charge in [-0.25, -0.2) is 0 Å². The molecule has 2 saturated heterocycles. The molecule has 0 amide bonds. The van der Waals surface area contributed by atoms with Crippen molar-refractivity contribution >= 4 is 0 Å². The van der Waals surface area contributed by atoms with Crippen LogP contribution in [0.2, 0.25) is 0 Å². The Hall–Kier alpha value is -0.160. The minimum Gasteiger partial charge on any atom is -0.375 e. The summed E-state index contributed by atoms with van der Waals surface area (Å²) in [7, 11) is 0. The van der Waals surface area contributed by atoms with Crippen molar-refractivity contribution in [1.29, 1.82) is 0 Å². The smallest absolute Gasteiger partial charge is 0.0644 e. The van der Waals surface area contributed by atoms with Gasteiger partial charge in [0.25, 0.3) is 0 Å². The lowest BCUT2D eigenvalue weighted by Gasteiger charge is -2.53. The Labute approximate surface area is 118 Å². The monoisotopic (exact) mass is 269 g/mol. The minimum absolute atomic E-state index is 0.0296. The Kier molecular flexibility index (Phi) is 4.88. The van der Waals surface area contributed by atoms with Gasteiger partial charge in [0.15, 0.2) is 0 Å². The maximum atomic E-state index is 6.17. The second-order valence-corrected chi connectivity index (χ2v) is 6.79. The molecule has 0 spiro atoms. The van der Waals surface area contributed by atoms with Crippen molar-refractivity contribution in [3.63, 3.8) is 0 Å². The maximum Gasteiger partial charge on any atom is 0.0644 e. The molecule has 2 rings (SSSR count). The first-order valence-corrected chi connectivity index (χ1v) is 7.83. The van der Waals surface area contributed by atoms with Crippen molar-refractivity contribution in [1.82, 2.24) is 9.80 Å². The van der Waals surface area contributed by atoms with E-state index < -0.39 is 0 Å². The first kappa shape index (κ1) is 15.2. The van der Waals surface area contributed by atoms with Crippen LogP contribution in [-0.2, 0) is 4.74 Å². The molecule has 0 saturated carbocycles. The average Bonchev–Trinajstić information content (AvgIpc) is 2.38. The number of ether oxygens (including phenoxy) is 1. The van der Waals surface area contributed by atoms with E-state index in [0.717, 1.165) is 39.1 Å². The molecule has 2 N–H and O–H groups in total. The van der Waals surface area contributed by atoms with Crippen molar-refractivity contribution in [2.75, 3.05) is 45.9 Å². The molecular formula is C15H31N3O. The summed E-state index contributed by atoms with van der Waals surface area (Å²) in [6.45, 7) is 14.2. The second-order valence-electron chi connectivity index (χ2n) is 6.79. The molecule has 0 aromatic heterocycles. The van der Waals surface area contributed by atoms with Gasteiger partial charge >= 0.3 is 0 Å². The first-order chi connectivity index (χ1) is 9.01. The van der Waals surface area contributed by atoms with Crippen LogP contribution < -0.4 is 5.73 Å². The van der Waals surface area contributed by atoms with E-state index in [0.29, 0.717) is 0 Å². The molecule has 112 valence electrons. The van der Waals surface area contributed by atoms with Crippen LogP contribution in [-0.4, -0.2) is 66.8 Å². The summed E-state index contributed by atoms with van der Waals surface area (Å²) in [5.74, 6) is 0. The van der Waals surface area contributed by atoms with E-state index in [9.17, 15) is 0 Å². The molecule has 19 heavy (non-hydrogen) atoms. The summed E-state index contributed by atoms with van der Waals surface area (Å²) in [6.07, 6.45) is 3.40. The van der Waals surface area contributed by atoms with Gasteiger partial charge in [-0.05, 0) is 39.7 Å². The maximum absolute atomic E-state index is 6.17. The SMILES string of the molecule is CCCN1CCN(C2(CN)CCOC(C)(C)C2)CC1. The van der Waals surface area contributed by atoms with Gasteiger partial charge in [0, 0.05) is 44.9 Å². The number of nitrogens with two attached hydrogens (primary N) is 1. The standard InChI is InChI=1S/C15H31N3O/c1-4-6-17-7-9-18(10-8-17)15(13-16)5-11-19-14(2,3)12-15/h4-13,16H2,1-3H3. The number of hydrogen-bond acceptors (Lipinski definition) is 4. The third-order valence-electron chi connectivity index (χ3n) is 4.78. The Balaban J connectivity index is 1.98. The Morgan fingerprint density at radius 1 is 1.16 bits per heavy atom. The molecule has 2 heterocycles. The second kappa shape index (κ2) is 6.08. The van der Waals surface area contributed by atoms with E-state index in [1.165, 1.54) is 26.1 Å². The number of piperazine rings is 1. The zero-order valence-electron chi connectivity index (χ0n) is 13.0. The molecule has 1 atom stereocenters. The van der Waals surface area contributed by atoms with Crippen LogP contribution >= 0.6 is 0 Å². The predicted molar refractivity (Wildman–Crippen MR) is 79.4 cm³/mol. The number of nitrogens with zero attached hydrogens (tertiary/aromatic N) is 2. The van der Waals surface area contributed by atoms with Crippen LogP contribution in [0.5, 0.6) is 0 Å². The Morgan fingerprint density at radius 2 is 1.84 bits per heavy atom. The predicted octanol–water partition coefficient (Wildman–Crippen LogP) is 1.30. The summed E-state index contributed by atoms with van der Waals surface area (Å²) in [5.41, 5.74) is 6.31. The summed E-state index contributed by atoms with van der Waals surface area (Å²) >= 11 is 0. The molecular weight excluding hydrogens is 238 g/mol. The van der Waals surface area contributed by atoms with E-state index in [4.69, 9.17) is 10.5 Å². The van der Waals surface area contributed by atoms with Crippen molar-refractivity contribution in [2.45, 2.75) is 51.2 Å². The van der Waals surface area contributed by atoms with Gasteiger partial charge in [-0.15, -0.1) is 0 Å². The zero-order valence-corrected chi connectivity index (χ0v) is 13.0. The van der Waals surface area contributed by atoms with Gasteiger partial charge in [-0.3, -0.25) is 4.90 Å². The third kappa shape index (κ3) is 3.48. The van der Waals surface area contributed by atoms with Gasteiger partial charge in [-0.1, -0.05) is 6.92 Å². The molecule has 4 nitrogen and oxygen atoms in total. The summed E-state index contributed by atoms with van der Waals surface area (Å²) in [4.78, 5) is 5.22. The van der Waals surface area contributed by atoms with Crippen molar-refractivity contribution in [2.24, 2.45) is 5.73 Å². The fourth-order valence-corrected chi connectivity index (χ4v) is 3.78. The molecule has 0 aromatic carbocycles. The minimum atomic E-state index is -0.0296. The highest BCUT2D eigenvalue weighted by molar-refractivity contribution is 5.00. The van der Waals surface area contributed by atoms with Gasteiger partial charge in [0.1, 0.15) is 0 Å². The van der Waals surface area contributed by atoms with Crippen molar-refractivity contribution in [3.05, 3.63) is 0 Å². The molecule has 1 unspecified atom stereocenters. The van der Waals surface area contributed by atoms with Crippen LogP contribution in [0.15, 0.2) is 0 Å². The first-order valence-electron chi connectivity index (χ1n) is 7.83. The normalized spacial score (nSPS) is 33.5. The highest BCUT2D eigenvalue weighted by Crippen LogP contribution is 2.36.